The number of ketones is 1. The number of aliphatic imine (C=N–C) groups is 1. The number of pyridine rings is 1. The van der Waals surface area contributed by atoms with Gasteiger partial charge in [0.05, 0.1) is 11.6 Å². The highest BCUT2D eigenvalue weighted by Gasteiger charge is 2.39. The van der Waals surface area contributed by atoms with Crippen LogP contribution in [0.15, 0.2) is 41.4 Å². The van der Waals surface area contributed by atoms with Gasteiger partial charge < -0.3 is 27.0 Å². The number of alkyl halides is 1. The van der Waals surface area contributed by atoms with Crippen molar-refractivity contribution in [2.75, 3.05) is 19.8 Å². The molecule has 1 fully saturated rings. The molecule has 12 heteroatoms. The van der Waals surface area contributed by atoms with E-state index in [1.807, 2.05) is 18.2 Å². The lowest BCUT2D eigenvalue weighted by Gasteiger charge is -2.31. The van der Waals surface area contributed by atoms with E-state index in [1.165, 1.54) is 4.90 Å². The fourth-order valence-electron chi connectivity index (χ4n) is 4.58. The molecule has 0 saturated carbocycles. The number of nitrogens with one attached hydrogen (secondary N) is 2. The largest absolute Gasteiger partial charge is 0.370 e. The van der Waals surface area contributed by atoms with E-state index in [0.29, 0.717) is 31.3 Å². The van der Waals surface area contributed by atoms with Crippen LogP contribution in [0, 0.1) is 5.92 Å². The lowest BCUT2D eigenvalue weighted by atomic mass is 10.0. The summed E-state index contributed by atoms with van der Waals surface area (Å²) >= 11 is 0. The summed E-state index contributed by atoms with van der Waals surface area (Å²) < 4.78 is 13.2. The molecule has 1 aromatic carbocycles. The summed E-state index contributed by atoms with van der Waals surface area (Å²) in [6.45, 7) is 2.91. The van der Waals surface area contributed by atoms with Gasteiger partial charge in [-0.2, -0.15) is 0 Å². The van der Waals surface area contributed by atoms with Crippen LogP contribution >= 0.6 is 0 Å². The molecule has 6 N–H and O–H groups in total. The Hall–Kier alpha value is -4.09. The number of carbonyl (C=O) groups is 4. The van der Waals surface area contributed by atoms with Gasteiger partial charge in [0.15, 0.2) is 11.7 Å². The van der Waals surface area contributed by atoms with Crippen molar-refractivity contribution in [3.8, 4) is 0 Å². The van der Waals surface area contributed by atoms with Gasteiger partial charge in [-0.15, -0.1) is 0 Å². The molecule has 39 heavy (non-hydrogen) atoms. The predicted molar refractivity (Wildman–Crippen MR) is 145 cm³/mol. The SMILES string of the molecule is CC(C)[C@H](NC(=O)c1ccc2ccccc2n1)C(=O)N1CCC[C@H]1C(=O)N[C@@H](CCCN=C(N)N)C(=O)CF. The van der Waals surface area contributed by atoms with Crippen molar-refractivity contribution < 1.29 is 23.6 Å². The summed E-state index contributed by atoms with van der Waals surface area (Å²) in [6, 6.07) is 7.97. The second kappa shape index (κ2) is 13.6. The van der Waals surface area contributed by atoms with Crippen molar-refractivity contribution in [1.82, 2.24) is 20.5 Å². The van der Waals surface area contributed by atoms with Crippen LogP contribution < -0.4 is 22.1 Å². The van der Waals surface area contributed by atoms with E-state index >= 15 is 0 Å². The van der Waals surface area contributed by atoms with Crippen molar-refractivity contribution >= 4 is 40.4 Å². The normalized spacial score (nSPS) is 16.5. The quantitative estimate of drug-likeness (QED) is 0.177. The topological polar surface area (TPSA) is 173 Å². The predicted octanol–water partition coefficient (Wildman–Crippen LogP) is 1.06. The molecule has 0 unspecified atom stereocenters. The van der Waals surface area contributed by atoms with E-state index in [-0.39, 0.29) is 30.5 Å². The molecule has 3 atom stereocenters. The molecule has 1 aliphatic rings. The van der Waals surface area contributed by atoms with Crippen molar-refractivity contribution in [2.24, 2.45) is 22.4 Å². The van der Waals surface area contributed by atoms with Gasteiger partial charge in [0.1, 0.15) is 24.5 Å². The number of Topliss-reactive ketones (excluding diaryl/α,β-unsaturated/α-hetero) is 1. The molecule has 0 aliphatic carbocycles. The minimum absolute atomic E-state index is 0.101. The van der Waals surface area contributed by atoms with E-state index in [0.717, 1.165) is 5.39 Å². The first-order valence-electron chi connectivity index (χ1n) is 13.0. The van der Waals surface area contributed by atoms with Gasteiger partial charge >= 0.3 is 0 Å². The highest BCUT2D eigenvalue weighted by atomic mass is 19.1. The summed E-state index contributed by atoms with van der Waals surface area (Å²) in [5.74, 6) is -2.59. The van der Waals surface area contributed by atoms with E-state index in [1.54, 1.807) is 32.0 Å². The van der Waals surface area contributed by atoms with E-state index in [2.05, 4.69) is 20.6 Å². The zero-order valence-corrected chi connectivity index (χ0v) is 22.2. The van der Waals surface area contributed by atoms with E-state index in [9.17, 15) is 23.6 Å². The average Bonchev–Trinajstić information content (AvgIpc) is 3.42. The third kappa shape index (κ3) is 7.71. The second-order valence-corrected chi connectivity index (χ2v) is 9.88. The van der Waals surface area contributed by atoms with Gasteiger partial charge in [-0.05, 0) is 43.7 Å². The van der Waals surface area contributed by atoms with Crippen molar-refractivity contribution in [2.45, 2.75) is 57.7 Å². The molecule has 11 nitrogen and oxygen atoms in total. The molecule has 0 bridgehead atoms. The molecule has 3 rings (SSSR count). The number of halogens is 1. The molecule has 1 aliphatic heterocycles. The van der Waals surface area contributed by atoms with Gasteiger partial charge in [0.2, 0.25) is 11.8 Å². The number of aromatic nitrogens is 1. The Morgan fingerprint density at radius 3 is 2.56 bits per heavy atom. The maximum absolute atomic E-state index is 13.6. The molecule has 1 aromatic heterocycles. The molecule has 2 heterocycles. The number of nitrogens with zero attached hydrogens (tertiary/aromatic N) is 3. The summed E-state index contributed by atoms with van der Waals surface area (Å²) in [4.78, 5) is 61.5. The number of para-hydroxylation sites is 1. The first-order valence-corrected chi connectivity index (χ1v) is 13.0. The van der Waals surface area contributed by atoms with Crippen LogP contribution in [-0.4, -0.2) is 77.2 Å². The molecular weight excluding hydrogens is 505 g/mol. The Bertz CT molecular complexity index is 1230. The standard InChI is InChI=1S/C27H36FN7O4/c1-16(2)23(34-24(37)20-12-11-17-7-3-4-8-18(17)32-20)26(39)35-14-6-10-21(35)25(38)33-19(22(36)15-28)9-5-13-31-27(29)30/h3-4,7-8,11-12,16,19,21,23H,5-6,9-10,13-15H2,1-2H3,(H,33,38)(H,34,37)(H4,29,30,31)/t19-,21-,23-/m0/s1. The number of benzene rings is 1. The summed E-state index contributed by atoms with van der Waals surface area (Å²) in [7, 11) is 0. The van der Waals surface area contributed by atoms with Crippen LogP contribution in [0.3, 0.4) is 0 Å². The number of fused-ring (bicyclic) bond motifs is 1. The maximum Gasteiger partial charge on any atom is 0.270 e. The molecule has 1 saturated heterocycles. The van der Waals surface area contributed by atoms with Gasteiger partial charge in [-0.3, -0.25) is 24.2 Å². The smallest absolute Gasteiger partial charge is 0.270 e. The van der Waals surface area contributed by atoms with Gasteiger partial charge in [-0.1, -0.05) is 38.1 Å². The Balaban J connectivity index is 1.69. The first-order chi connectivity index (χ1) is 18.6. The number of nitrogens with two attached hydrogens (primary N) is 2. The lowest BCUT2D eigenvalue weighted by molar-refractivity contribution is -0.141. The van der Waals surface area contributed by atoms with E-state index < -0.39 is 48.3 Å². The van der Waals surface area contributed by atoms with Crippen LogP contribution in [0.25, 0.3) is 10.9 Å². The fourth-order valence-corrected chi connectivity index (χ4v) is 4.58. The number of hydrogen-bond acceptors (Lipinski definition) is 6. The number of hydrogen-bond donors (Lipinski definition) is 4. The number of amides is 3. The van der Waals surface area contributed by atoms with Crippen molar-refractivity contribution in [3.05, 3.63) is 42.1 Å². The maximum atomic E-state index is 13.6. The highest BCUT2D eigenvalue weighted by molar-refractivity contribution is 5.99. The average molecular weight is 542 g/mol. The summed E-state index contributed by atoms with van der Waals surface area (Å²) in [5.41, 5.74) is 11.4. The van der Waals surface area contributed by atoms with Crippen LogP contribution in [-0.2, 0) is 14.4 Å². The van der Waals surface area contributed by atoms with Gasteiger partial charge in [0.25, 0.3) is 5.91 Å². The molecular formula is C27H36FN7O4. The Morgan fingerprint density at radius 1 is 1.13 bits per heavy atom. The molecule has 3 amide bonds. The van der Waals surface area contributed by atoms with Gasteiger partial charge in [-0.25, -0.2) is 9.37 Å². The lowest BCUT2D eigenvalue weighted by Crippen LogP contribution is -2.56. The fraction of sp³-hybridized carbons (Fsp3) is 0.481. The highest BCUT2D eigenvalue weighted by Crippen LogP contribution is 2.21. The van der Waals surface area contributed by atoms with Crippen LogP contribution in [0.5, 0.6) is 0 Å². The summed E-state index contributed by atoms with van der Waals surface area (Å²) in [6.07, 6.45) is 1.45. The number of likely N-dealkylation sites (tertiary alicyclic amines) is 1. The minimum atomic E-state index is -1.23. The Labute approximate surface area is 226 Å². The molecule has 0 radical (unpaired) electrons. The van der Waals surface area contributed by atoms with Crippen LogP contribution in [0.1, 0.15) is 50.0 Å². The molecule has 2 aromatic rings. The van der Waals surface area contributed by atoms with Crippen molar-refractivity contribution in [3.63, 3.8) is 0 Å². The Morgan fingerprint density at radius 2 is 1.87 bits per heavy atom. The number of rotatable bonds is 12. The first kappa shape index (κ1) is 29.5. The van der Waals surface area contributed by atoms with Crippen LogP contribution in [0.4, 0.5) is 4.39 Å². The third-order valence-electron chi connectivity index (χ3n) is 6.67. The monoisotopic (exact) mass is 541 g/mol. The van der Waals surface area contributed by atoms with Gasteiger partial charge in [0, 0.05) is 18.5 Å². The number of carbonyl (C=O) groups excluding carboxylic acids is 4. The second-order valence-electron chi connectivity index (χ2n) is 9.88. The third-order valence-corrected chi connectivity index (χ3v) is 6.67. The minimum Gasteiger partial charge on any atom is -0.370 e. The van der Waals surface area contributed by atoms with Crippen LogP contribution in [0.2, 0.25) is 0 Å². The number of guanidine groups is 1. The summed E-state index contributed by atoms with van der Waals surface area (Å²) in [5, 5.41) is 6.27. The molecule has 0 spiro atoms. The zero-order chi connectivity index (χ0) is 28.5. The van der Waals surface area contributed by atoms with E-state index in [4.69, 9.17) is 11.5 Å². The Kier molecular flexibility index (Phi) is 10.3. The molecule has 210 valence electrons. The van der Waals surface area contributed by atoms with Crippen molar-refractivity contribution in [1.29, 1.82) is 0 Å². The zero-order valence-electron chi connectivity index (χ0n) is 22.2.